The molecule has 28 heavy (non-hydrogen) atoms. The Labute approximate surface area is 165 Å². The molecule has 148 valence electrons. The number of hydrogen-bond acceptors (Lipinski definition) is 4. The third kappa shape index (κ3) is 3.04. The molecule has 2 aromatic carbocycles. The Hall–Kier alpha value is -2.53. The number of nitrogens with zero attached hydrogens (tertiary/aromatic N) is 1. The van der Waals surface area contributed by atoms with Gasteiger partial charge in [-0.25, -0.2) is 0 Å². The predicted octanol–water partition coefficient (Wildman–Crippen LogP) is 3.81. The SMILES string of the molecule is COc1cccc(OC)c1C(C(=O)O)N1CCC2(CCc3ccccc32)CC1. The Morgan fingerprint density at radius 3 is 2.25 bits per heavy atom. The van der Waals surface area contributed by atoms with E-state index in [4.69, 9.17) is 9.47 Å². The minimum atomic E-state index is -0.870. The summed E-state index contributed by atoms with van der Waals surface area (Å²) in [6.45, 7) is 1.49. The molecule has 2 aromatic rings. The van der Waals surface area contributed by atoms with Crippen LogP contribution in [0.5, 0.6) is 11.5 Å². The number of carboxylic acid groups (broad SMARTS) is 1. The lowest BCUT2D eigenvalue weighted by Crippen LogP contribution is -2.45. The van der Waals surface area contributed by atoms with Gasteiger partial charge < -0.3 is 14.6 Å². The molecule has 1 aliphatic heterocycles. The van der Waals surface area contributed by atoms with Crippen LogP contribution in [-0.4, -0.2) is 43.3 Å². The van der Waals surface area contributed by atoms with E-state index in [-0.39, 0.29) is 5.41 Å². The molecule has 0 radical (unpaired) electrons. The summed E-state index contributed by atoms with van der Waals surface area (Å²) in [5.41, 5.74) is 3.72. The van der Waals surface area contributed by atoms with Gasteiger partial charge in [0.1, 0.15) is 17.5 Å². The van der Waals surface area contributed by atoms with Crippen molar-refractivity contribution < 1.29 is 19.4 Å². The fraction of sp³-hybridized carbons (Fsp3) is 0.435. The number of aryl methyl sites for hydroxylation is 1. The highest BCUT2D eigenvalue weighted by atomic mass is 16.5. The summed E-state index contributed by atoms with van der Waals surface area (Å²) in [5.74, 6) is 0.238. The minimum absolute atomic E-state index is 0.195. The molecule has 0 amide bonds. The number of rotatable bonds is 5. The summed E-state index contributed by atoms with van der Waals surface area (Å²) in [6.07, 6.45) is 4.24. The number of hydrogen-bond donors (Lipinski definition) is 1. The van der Waals surface area contributed by atoms with E-state index in [2.05, 4.69) is 29.2 Å². The summed E-state index contributed by atoms with van der Waals surface area (Å²) < 4.78 is 11.0. The molecule has 1 unspecified atom stereocenters. The van der Waals surface area contributed by atoms with Crippen molar-refractivity contribution in [1.29, 1.82) is 0 Å². The number of carbonyl (C=O) groups is 1. The van der Waals surface area contributed by atoms with Crippen molar-refractivity contribution in [2.24, 2.45) is 0 Å². The maximum atomic E-state index is 12.3. The van der Waals surface area contributed by atoms with Crippen LogP contribution in [-0.2, 0) is 16.6 Å². The lowest BCUT2D eigenvalue weighted by Gasteiger charge is -2.42. The smallest absolute Gasteiger partial charge is 0.325 e. The average Bonchev–Trinajstić information content (AvgIpc) is 3.08. The zero-order chi connectivity index (χ0) is 19.7. The molecule has 1 spiro atoms. The maximum Gasteiger partial charge on any atom is 0.325 e. The molecular formula is C23H27NO4. The Balaban J connectivity index is 1.62. The lowest BCUT2D eigenvalue weighted by molar-refractivity contribution is -0.144. The topological polar surface area (TPSA) is 59.0 Å². The molecular weight excluding hydrogens is 354 g/mol. The van der Waals surface area contributed by atoms with Crippen molar-refractivity contribution in [1.82, 2.24) is 4.90 Å². The van der Waals surface area contributed by atoms with Crippen molar-refractivity contribution in [3.8, 4) is 11.5 Å². The zero-order valence-electron chi connectivity index (χ0n) is 16.5. The van der Waals surface area contributed by atoms with Gasteiger partial charge in [-0.2, -0.15) is 0 Å². The fourth-order valence-electron chi connectivity index (χ4n) is 5.11. The summed E-state index contributed by atoms with van der Waals surface area (Å²) in [5, 5.41) is 10.1. The Morgan fingerprint density at radius 2 is 1.64 bits per heavy atom. The second kappa shape index (κ2) is 7.47. The van der Waals surface area contributed by atoms with Gasteiger partial charge in [-0.05, 0) is 54.4 Å². The van der Waals surface area contributed by atoms with E-state index < -0.39 is 12.0 Å². The quantitative estimate of drug-likeness (QED) is 0.853. The summed E-state index contributed by atoms with van der Waals surface area (Å²) in [7, 11) is 3.13. The van der Waals surface area contributed by atoms with E-state index in [9.17, 15) is 9.90 Å². The van der Waals surface area contributed by atoms with E-state index >= 15 is 0 Å². The highest BCUT2D eigenvalue weighted by Gasteiger charge is 2.44. The number of benzene rings is 2. The van der Waals surface area contributed by atoms with Crippen LogP contribution < -0.4 is 9.47 Å². The van der Waals surface area contributed by atoms with Gasteiger partial charge in [0.2, 0.25) is 0 Å². The highest BCUT2D eigenvalue weighted by Crippen LogP contribution is 2.48. The van der Waals surface area contributed by atoms with Crippen LogP contribution in [0.25, 0.3) is 0 Å². The van der Waals surface area contributed by atoms with Gasteiger partial charge in [-0.3, -0.25) is 9.69 Å². The van der Waals surface area contributed by atoms with E-state index in [0.717, 1.165) is 38.8 Å². The molecule has 0 bridgehead atoms. The minimum Gasteiger partial charge on any atom is -0.496 e. The molecule has 1 aliphatic carbocycles. The highest BCUT2D eigenvalue weighted by molar-refractivity contribution is 5.78. The van der Waals surface area contributed by atoms with Crippen molar-refractivity contribution in [3.05, 3.63) is 59.2 Å². The first-order valence-electron chi connectivity index (χ1n) is 9.86. The van der Waals surface area contributed by atoms with Crippen molar-refractivity contribution in [2.45, 2.75) is 37.1 Å². The van der Waals surface area contributed by atoms with Crippen LogP contribution in [0.3, 0.4) is 0 Å². The second-order valence-electron chi connectivity index (χ2n) is 7.79. The third-order valence-corrected chi connectivity index (χ3v) is 6.56. The van der Waals surface area contributed by atoms with Gasteiger partial charge in [0, 0.05) is 13.1 Å². The predicted molar refractivity (Wildman–Crippen MR) is 107 cm³/mol. The van der Waals surface area contributed by atoms with Crippen molar-refractivity contribution >= 4 is 5.97 Å². The Bertz CT molecular complexity index is 848. The normalized spacial score (nSPS) is 19.2. The number of aliphatic carboxylic acids is 1. The monoisotopic (exact) mass is 381 g/mol. The van der Waals surface area contributed by atoms with E-state index in [1.807, 2.05) is 6.07 Å². The number of carboxylic acids is 1. The lowest BCUT2D eigenvalue weighted by atomic mass is 9.73. The van der Waals surface area contributed by atoms with E-state index in [1.54, 1.807) is 26.4 Å². The average molecular weight is 381 g/mol. The molecule has 1 saturated heterocycles. The van der Waals surface area contributed by atoms with Gasteiger partial charge in [-0.1, -0.05) is 30.3 Å². The maximum absolute atomic E-state index is 12.3. The van der Waals surface area contributed by atoms with Gasteiger partial charge in [0.05, 0.1) is 19.8 Å². The van der Waals surface area contributed by atoms with Gasteiger partial charge in [0.15, 0.2) is 0 Å². The number of ether oxygens (including phenoxy) is 2. The molecule has 1 fully saturated rings. The number of fused-ring (bicyclic) bond motifs is 2. The largest absolute Gasteiger partial charge is 0.496 e. The molecule has 0 saturated carbocycles. The van der Waals surface area contributed by atoms with Crippen molar-refractivity contribution in [3.63, 3.8) is 0 Å². The first-order chi connectivity index (χ1) is 13.6. The molecule has 1 atom stereocenters. The van der Waals surface area contributed by atoms with Crippen LogP contribution in [0.15, 0.2) is 42.5 Å². The molecule has 4 rings (SSSR count). The van der Waals surface area contributed by atoms with Crippen LogP contribution in [0, 0.1) is 0 Å². The van der Waals surface area contributed by atoms with E-state index in [1.165, 1.54) is 11.1 Å². The molecule has 1 heterocycles. The second-order valence-corrected chi connectivity index (χ2v) is 7.79. The number of likely N-dealkylation sites (tertiary alicyclic amines) is 1. The van der Waals surface area contributed by atoms with Gasteiger partial charge >= 0.3 is 5.97 Å². The van der Waals surface area contributed by atoms with Gasteiger partial charge in [-0.15, -0.1) is 0 Å². The fourth-order valence-corrected chi connectivity index (χ4v) is 5.11. The van der Waals surface area contributed by atoms with Gasteiger partial charge in [0.25, 0.3) is 0 Å². The summed E-state index contributed by atoms with van der Waals surface area (Å²) in [6, 6.07) is 13.4. The van der Waals surface area contributed by atoms with Crippen LogP contribution in [0.4, 0.5) is 0 Å². The zero-order valence-corrected chi connectivity index (χ0v) is 16.5. The van der Waals surface area contributed by atoms with Crippen LogP contribution in [0.1, 0.15) is 42.0 Å². The Morgan fingerprint density at radius 1 is 1.00 bits per heavy atom. The molecule has 5 nitrogen and oxygen atoms in total. The standard InChI is InChI=1S/C23H27NO4/c1-27-18-8-5-9-19(28-2)20(18)21(22(25)26)24-14-12-23(13-15-24)11-10-16-6-3-4-7-17(16)23/h3-9,21H,10-15H2,1-2H3,(H,25,26). The first kappa shape index (κ1) is 18.8. The van der Waals surface area contributed by atoms with Crippen LogP contribution in [0.2, 0.25) is 0 Å². The van der Waals surface area contributed by atoms with E-state index in [0.29, 0.717) is 17.1 Å². The van der Waals surface area contributed by atoms with Crippen LogP contribution >= 0.6 is 0 Å². The first-order valence-corrected chi connectivity index (χ1v) is 9.86. The molecule has 2 aliphatic rings. The Kier molecular flexibility index (Phi) is 5.02. The summed E-state index contributed by atoms with van der Waals surface area (Å²) in [4.78, 5) is 14.4. The summed E-state index contributed by atoms with van der Waals surface area (Å²) >= 11 is 0. The molecule has 1 N–H and O–H groups in total. The van der Waals surface area contributed by atoms with Crippen molar-refractivity contribution in [2.75, 3.05) is 27.3 Å². The molecule has 0 aromatic heterocycles. The third-order valence-electron chi connectivity index (χ3n) is 6.56. The molecule has 5 heteroatoms. The number of methoxy groups -OCH3 is 2. The number of piperidine rings is 1.